The number of amides is 3. The molecule has 1 unspecified atom stereocenters. The van der Waals surface area contributed by atoms with E-state index in [9.17, 15) is 9.59 Å². The second kappa shape index (κ2) is 10.4. The Morgan fingerprint density at radius 1 is 0.903 bits per heavy atom. The molecular formula is C25H31N3O3. The van der Waals surface area contributed by atoms with Crippen LogP contribution in [0, 0.1) is 0 Å². The maximum absolute atomic E-state index is 12.7. The van der Waals surface area contributed by atoms with Crippen LogP contribution in [0.2, 0.25) is 0 Å². The first kappa shape index (κ1) is 21.4. The van der Waals surface area contributed by atoms with Crippen LogP contribution in [-0.2, 0) is 9.53 Å². The molecule has 2 heterocycles. The third kappa shape index (κ3) is 5.44. The van der Waals surface area contributed by atoms with Gasteiger partial charge in [0.2, 0.25) is 0 Å². The van der Waals surface area contributed by atoms with Gasteiger partial charge in [-0.2, -0.15) is 0 Å². The Morgan fingerprint density at radius 3 is 2.03 bits per heavy atom. The van der Waals surface area contributed by atoms with Gasteiger partial charge in [-0.1, -0.05) is 60.7 Å². The van der Waals surface area contributed by atoms with Crippen molar-refractivity contribution in [1.29, 1.82) is 0 Å². The van der Waals surface area contributed by atoms with Gasteiger partial charge < -0.3 is 19.9 Å². The van der Waals surface area contributed by atoms with E-state index in [1.165, 1.54) is 11.1 Å². The summed E-state index contributed by atoms with van der Waals surface area (Å²) in [6.45, 7) is 3.54. The predicted molar refractivity (Wildman–Crippen MR) is 120 cm³/mol. The summed E-state index contributed by atoms with van der Waals surface area (Å²) < 4.78 is 5.51. The van der Waals surface area contributed by atoms with E-state index in [1.807, 2.05) is 17.0 Å². The van der Waals surface area contributed by atoms with E-state index in [0.717, 1.165) is 19.3 Å². The largest absolute Gasteiger partial charge is 0.368 e. The minimum atomic E-state index is -0.284. The van der Waals surface area contributed by atoms with Gasteiger partial charge in [-0.25, -0.2) is 4.79 Å². The van der Waals surface area contributed by atoms with Gasteiger partial charge in [0.15, 0.2) is 0 Å². The third-order valence-corrected chi connectivity index (χ3v) is 6.20. The Bertz CT molecular complexity index is 805. The lowest BCUT2D eigenvalue weighted by Gasteiger charge is -2.35. The Balaban J connectivity index is 1.27. The monoisotopic (exact) mass is 421 g/mol. The zero-order chi connectivity index (χ0) is 21.5. The molecule has 1 atom stereocenters. The van der Waals surface area contributed by atoms with Crippen molar-refractivity contribution in [2.75, 3.05) is 39.3 Å². The Labute approximate surface area is 184 Å². The molecule has 2 aromatic carbocycles. The van der Waals surface area contributed by atoms with Gasteiger partial charge in [0.05, 0.1) is 0 Å². The predicted octanol–water partition coefficient (Wildman–Crippen LogP) is 3.24. The van der Waals surface area contributed by atoms with Crippen LogP contribution >= 0.6 is 0 Å². The van der Waals surface area contributed by atoms with E-state index >= 15 is 0 Å². The molecule has 2 saturated heterocycles. The number of carbonyl (C=O) groups is 2. The average molecular weight is 422 g/mol. The summed E-state index contributed by atoms with van der Waals surface area (Å²) in [6.07, 6.45) is 2.31. The minimum absolute atomic E-state index is 0.0518. The smallest absolute Gasteiger partial charge is 0.317 e. The Kier molecular flexibility index (Phi) is 7.20. The number of rotatable bonds is 6. The van der Waals surface area contributed by atoms with E-state index in [2.05, 4.69) is 53.8 Å². The van der Waals surface area contributed by atoms with E-state index < -0.39 is 0 Å². The highest BCUT2D eigenvalue weighted by Crippen LogP contribution is 2.27. The van der Waals surface area contributed by atoms with Crippen LogP contribution in [0.25, 0.3) is 0 Å². The zero-order valence-electron chi connectivity index (χ0n) is 17.9. The summed E-state index contributed by atoms with van der Waals surface area (Å²) in [5.41, 5.74) is 2.51. The molecule has 6 nitrogen and oxygen atoms in total. The molecule has 31 heavy (non-hydrogen) atoms. The molecule has 2 aliphatic rings. The van der Waals surface area contributed by atoms with Crippen molar-refractivity contribution < 1.29 is 14.3 Å². The number of piperazine rings is 1. The molecule has 0 saturated carbocycles. The normalized spacial score (nSPS) is 18.9. The first-order valence-electron chi connectivity index (χ1n) is 11.3. The number of hydrogen-bond acceptors (Lipinski definition) is 3. The van der Waals surface area contributed by atoms with Gasteiger partial charge in [0.1, 0.15) is 6.10 Å². The fourth-order valence-electron chi connectivity index (χ4n) is 4.44. The zero-order valence-corrected chi connectivity index (χ0v) is 17.9. The minimum Gasteiger partial charge on any atom is -0.368 e. The molecule has 6 heteroatoms. The van der Waals surface area contributed by atoms with E-state index in [4.69, 9.17) is 4.74 Å². The van der Waals surface area contributed by atoms with E-state index in [1.54, 1.807) is 4.90 Å². The Hall–Kier alpha value is -2.86. The van der Waals surface area contributed by atoms with E-state index in [-0.39, 0.29) is 24.0 Å². The molecule has 0 aliphatic carbocycles. The molecule has 3 amide bonds. The molecule has 2 aromatic rings. The molecular weight excluding hydrogens is 390 g/mol. The van der Waals surface area contributed by atoms with Crippen LogP contribution in [0.5, 0.6) is 0 Å². The number of carbonyl (C=O) groups excluding carboxylic acids is 2. The van der Waals surface area contributed by atoms with Gasteiger partial charge in [-0.05, 0) is 30.4 Å². The lowest BCUT2D eigenvalue weighted by molar-refractivity contribution is -0.142. The number of benzene rings is 2. The summed E-state index contributed by atoms with van der Waals surface area (Å²) in [5.74, 6) is 0.315. The van der Waals surface area contributed by atoms with Gasteiger partial charge >= 0.3 is 6.03 Å². The number of hydrogen-bond donors (Lipinski definition) is 1. The number of nitrogens with one attached hydrogen (secondary N) is 1. The molecule has 0 aromatic heterocycles. The van der Waals surface area contributed by atoms with Crippen LogP contribution < -0.4 is 5.32 Å². The highest BCUT2D eigenvalue weighted by molar-refractivity contribution is 5.81. The van der Waals surface area contributed by atoms with Gasteiger partial charge in [-0.15, -0.1) is 0 Å². The maximum atomic E-state index is 12.7. The quantitative estimate of drug-likeness (QED) is 0.779. The van der Waals surface area contributed by atoms with Gasteiger partial charge in [0, 0.05) is 45.2 Å². The average Bonchev–Trinajstić information content (AvgIpc) is 3.37. The van der Waals surface area contributed by atoms with Crippen LogP contribution in [-0.4, -0.2) is 67.2 Å². The molecule has 2 fully saturated rings. The van der Waals surface area contributed by atoms with Gasteiger partial charge in [0.25, 0.3) is 5.91 Å². The Morgan fingerprint density at radius 2 is 1.48 bits per heavy atom. The van der Waals surface area contributed by atoms with Crippen LogP contribution in [0.1, 0.15) is 36.3 Å². The van der Waals surface area contributed by atoms with Crippen LogP contribution in [0.15, 0.2) is 60.7 Å². The van der Waals surface area contributed by atoms with Crippen molar-refractivity contribution in [3.8, 4) is 0 Å². The first-order valence-corrected chi connectivity index (χ1v) is 11.3. The van der Waals surface area contributed by atoms with Crippen LogP contribution in [0.3, 0.4) is 0 Å². The molecule has 0 radical (unpaired) electrons. The summed E-state index contributed by atoms with van der Waals surface area (Å²) in [6, 6.07) is 20.8. The number of ether oxygens (including phenoxy) is 1. The summed E-state index contributed by atoms with van der Waals surface area (Å²) in [7, 11) is 0. The summed E-state index contributed by atoms with van der Waals surface area (Å²) in [5, 5.41) is 3.08. The second-order valence-corrected chi connectivity index (χ2v) is 8.21. The van der Waals surface area contributed by atoms with Crippen LogP contribution in [0.4, 0.5) is 4.79 Å². The lowest BCUT2D eigenvalue weighted by Crippen LogP contribution is -2.54. The maximum Gasteiger partial charge on any atom is 0.317 e. The SMILES string of the molecule is O=C(NCCC(c1ccccc1)c1ccccc1)N1CCN(C(=O)C2CCCO2)CC1. The molecule has 1 N–H and O–H groups in total. The standard InChI is InChI=1S/C25H31N3O3/c29-24(23-12-7-19-31-23)27-15-17-28(18-16-27)25(30)26-14-13-22(20-8-3-1-4-9-20)21-10-5-2-6-11-21/h1-6,8-11,22-23H,7,12-19H2,(H,26,30). The molecule has 164 valence electrons. The number of nitrogens with zero attached hydrogens (tertiary/aromatic N) is 2. The van der Waals surface area contributed by atoms with Gasteiger partial charge in [-0.3, -0.25) is 4.79 Å². The fourth-order valence-corrected chi connectivity index (χ4v) is 4.44. The third-order valence-electron chi connectivity index (χ3n) is 6.20. The summed E-state index contributed by atoms with van der Waals surface area (Å²) >= 11 is 0. The van der Waals surface area contributed by atoms with Crippen molar-refractivity contribution >= 4 is 11.9 Å². The van der Waals surface area contributed by atoms with Crippen molar-refractivity contribution in [1.82, 2.24) is 15.1 Å². The summed E-state index contributed by atoms with van der Waals surface area (Å²) in [4.78, 5) is 28.8. The highest BCUT2D eigenvalue weighted by atomic mass is 16.5. The molecule has 2 aliphatic heterocycles. The molecule has 0 bridgehead atoms. The van der Waals surface area contributed by atoms with Crippen molar-refractivity contribution in [3.05, 3.63) is 71.8 Å². The molecule has 4 rings (SSSR count). The van der Waals surface area contributed by atoms with Crippen molar-refractivity contribution in [3.63, 3.8) is 0 Å². The van der Waals surface area contributed by atoms with Crippen molar-refractivity contribution in [2.24, 2.45) is 0 Å². The van der Waals surface area contributed by atoms with E-state index in [0.29, 0.717) is 39.3 Å². The second-order valence-electron chi connectivity index (χ2n) is 8.21. The fraction of sp³-hybridized carbons (Fsp3) is 0.440. The highest BCUT2D eigenvalue weighted by Gasteiger charge is 2.31. The topological polar surface area (TPSA) is 61.9 Å². The number of urea groups is 1. The first-order chi connectivity index (χ1) is 15.2. The van der Waals surface area contributed by atoms with Crippen molar-refractivity contribution in [2.45, 2.75) is 31.3 Å². The lowest BCUT2D eigenvalue weighted by atomic mass is 9.88. The molecule has 0 spiro atoms.